The van der Waals surface area contributed by atoms with Gasteiger partial charge in [-0.3, -0.25) is 19.1 Å². The number of aromatic nitrogens is 3. The molecule has 2 heterocycles. The number of fused-ring (bicyclic) bond motifs is 1. The summed E-state index contributed by atoms with van der Waals surface area (Å²) in [5, 5.41) is 6.69. The summed E-state index contributed by atoms with van der Waals surface area (Å²) in [5.41, 5.74) is 6.56. The number of benzene rings is 3. The van der Waals surface area contributed by atoms with Crippen molar-refractivity contribution in [1.82, 2.24) is 14.5 Å². The van der Waals surface area contributed by atoms with E-state index in [1.54, 1.807) is 50.4 Å². The lowest BCUT2D eigenvalue weighted by Crippen LogP contribution is -2.16. The van der Waals surface area contributed by atoms with E-state index in [2.05, 4.69) is 10.4 Å². The Balaban J connectivity index is 1.53. The largest absolute Gasteiger partial charge is 0.381 e. The Hall–Kier alpha value is -5.06. The SMILES string of the molecule is Cc1on(C)c(=O)c1-c1ccc(-c2ccc3c(c(C(=O)Nc4ccc(F)c(C(N)=O)c4)nn3C)c2F)cc1. The number of carbonyl (C=O) groups is 2. The van der Waals surface area contributed by atoms with Gasteiger partial charge < -0.3 is 15.6 Å². The minimum absolute atomic E-state index is 0.0108. The van der Waals surface area contributed by atoms with Gasteiger partial charge in [-0.1, -0.05) is 24.3 Å². The normalized spacial score (nSPS) is 11.2. The van der Waals surface area contributed by atoms with Crippen LogP contribution in [0.3, 0.4) is 0 Å². The lowest BCUT2D eigenvalue weighted by molar-refractivity contribution is 0.0992. The van der Waals surface area contributed by atoms with Crippen molar-refractivity contribution in [2.24, 2.45) is 19.8 Å². The molecule has 38 heavy (non-hydrogen) atoms. The highest BCUT2D eigenvalue weighted by Crippen LogP contribution is 2.32. The molecule has 0 aliphatic rings. The maximum Gasteiger partial charge on any atom is 0.290 e. The van der Waals surface area contributed by atoms with Crippen molar-refractivity contribution in [2.45, 2.75) is 6.92 Å². The molecular weight excluding hydrogens is 496 g/mol. The first-order chi connectivity index (χ1) is 18.1. The van der Waals surface area contributed by atoms with Crippen LogP contribution in [0, 0.1) is 18.6 Å². The fourth-order valence-corrected chi connectivity index (χ4v) is 4.42. The number of hydrogen-bond donors (Lipinski definition) is 2. The Morgan fingerprint density at radius 2 is 1.68 bits per heavy atom. The molecule has 0 unspecified atom stereocenters. The molecule has 5 rings (SSSR count). The summed E-state index contributed by atoms with van der Waals surface area (Å²) in [6, 6.07) is 13.3. The van der Waals surface area contributed by atoms with E-state index in [0.717, 1.165) is 16.9 Å². The van der Waals surface area contributed by atoms with Crippen LogP contribution in [0.2, 0.25) is 0 Å². The van der Waals surface area contributed by atoms with Crippen LogP contribution in [-0.4, -0.2) is 26.3 Å². The van der Waals surface area contributed by atoms with Crippen LogP contribution in [0.15, 0.2) is 63.9 Å². The monoisotopic (exact) mass is 517 g/mol. The highest BCUT2D eigenvalue weighted by molar-refractivity contribution is 6.12. The van der Waals surface area contributed by atoms with Crippen LogP contribution in [0.25, 0.3) is 33.2 Å². The summed E-state index contributed by atoms with van der Waals surface area (Å²) in [5.74, 6) is -2.78. The Morgan fingerprint density at radius 3 is 2.32 bits per heavy atom. The summed E-state index contributed by atoms with van der Waals surface area (Å²) < 4.78 is 37.6. The molecule has 11 heteroatoms. The first kappa shape index (κ1) is 24.6. The Kier molecular flexibility index (Phi) is 5.90. The second-order valence-electron chi connectivity index (χ2n) is 8.71. The minimum Gasteiger partial charge on any atom is -0.381 e. The van der Waals surface area contributed by atoms with E-state index in [9.17, 15) is 18.8 Å². The second-order valence-corrected chi connectivity index (χ2v) is 8.71. The van der Waals surface area contributed by atoms with Gasteiger partial charge in [-0.15, -0.1) is 0 Å². The fourth-order valence-electron chi connectivity index (χ4n) is 4.42. The lowest BCUT2D eigenvalue weighted by Gasteiger charge is -2.08. The van der Waals surface area contributed by atoms with Crippen LogP contribution in [0.5, 0.6) is 0 Å². The van der Waals surface area contributed by atoms with Crippen molar-refractivity contribution in [3.63, 3.8) is 0 Å². The molecule has 2 amide bonds. The van der Waals surface area contributed by atoms with Crippen LogP contribution < -0.4 is 16.6 Å². The van der Waals surface area contributed by atoms with Gasteiger partial charge in [-0.25, -0.2) is 8.78 Å². The zero-order valence-electron chi connectivity index (χ0n) is 20.5. The Labute approximate surface area is 214 Å². The van der Waals surface area contributed by atoms with Crippen molar-refractivity contribution in [2.75, 3.05) is 5.32 Å². The molecule has 0 bridgehead atoms. The number of hydrogen-bond acceptors (Lipinski definition) is 5. The second kappa shape index (κ2) is 9.11. The van der Waals surface area contributed by atoms with Crippen molar-refractivity contribution in [3.05, 3.63) is 93.6 Å². The molecule has 3 N–H and O–H groups in total. The summed E-state index contributed by atoms with van der Waals surface area (Å²) in [7, 11) is 3.09. The first-order valence-electron chi connectivity index (χ1n) is 11.4. The number of halogens is 2. The number of primary amides is 1. The first-order valence-corrected chi connectivity index (χ1v) is 11.4. The number of nitrogens with one attached hydrogen (secondary N) is 1. The van der Waals surface area contributed by atoms with E-state index in [4.69, 9.17) is 10.3 Å². The molecule has 0 saturated heterocycles. The molecule has 192 valence electrons. The third-order valence-corrected chi connectivity index (χ3v) is 6.27. The van der Waals surface area contributed by atoms with Crippen LogP contribution in [0.4, 0.5) is 14.5 Å². The molecule has 0 radical (unpaired) electrons. The van der Waals surface area contributed by atoms with E-state index in [0.29, 0.717) is 28.0 Å². The number of rotatable bonds is 5. The predicted molar refractivity (Wildman–Crippen MR) is 137 cm³/mol. The van der Waals surface area contributed by atoms with Gasteiger partial charge in [-0.05, 0) is 48.4 Å². The number of anilines is 1. The van der Waals surface area contributed by atoms with E-state index in [1.807, 2.05) is 0 Å². The number of nitrogens with zero attached hydrogens (tertiary/aromatic N) is 3. The standard InChI is InChI=1S/C27H21F2N5O4/c1-13-21(27(37)34(3)38-13)15-6-4-14(5-7-15)17-9-11-20-22(23(17)29)24(32-33(20)2)26(36)31-16-8-10-19(28)18(12-16)25(30)35/h4-12H,1-3H3,(H2,30,35)(H,31,36). The zero-order chi connectivity index (χ0) is 27.3. The highest BCUT2D eigenvalue weighted by atomic mass is 19.1. The quantitative estimate of drug-likeness (QED) is 0.363. The molecule has 0 aliphatic carbocycles. The third-order valence-electron chi connectivity index (χ3n) is 6.27. The maximum absolute atomic E-state index is 15.9. The number of carbonyl (C=O) groups excluding carboxylic acids is 2. The van der Waals surface area contributed by atoms with Gasteiger partial charge in [0, 0.05) is 25.3 Å². The van der Waals surface area contributed by atoms with Crippen molar-refractivity contribution < 1.29 is 22.9 Å². The van der Waals surface area contributed by atoms with Crippen LogP contribution in [-0.2, 0) is 14.1 Å². The van der Waals surface area contributed by atoms with Crippen LogP contribution >= 0.6 is 0 Å². The van der Waals surface area contributed by atoms with Gasteiger partial charge in [-0.2, -0.15) is 9.84 Å². The summed E-state index contributed by atoms with van der Waals surface area (Å²) in [6.07, 6.45) is 0. The molecular formula is C27H21F2N5O4. The molecule has 0 atom stereocenters. The van der Waals surface area contributed by atoms with Crippen molar-refractivity contribution in [3.8, 4) is 22.3 Å². The average Bonchev–Trinajstić information content (AvgIpc) is 3.35. The molecule has 9 nitrogen and oxygen atoms in total. The topological polar surface area (TPSA) is 125 Å². The van der Waals surface area contributed by atoms with E-state index in [-0.39, 0.29) is 27.9 Å². The smallest absolute Gasteiger partial charge is 0.290 e. The number of nitrogens with two attached hydrogens (primary N) is 1. The summed E-state index contributed by atoms with van der Waals surface area (Å²) >= 11 is 0. The average molecular weight is 517 g/mol. The van der Waals surface area contributed by atoms with Gasteiger partial charge in [0.25, 0.3) is 17.4 Å². The molecule has 0 fully saturated rings. The van der Waals surface area contributed by atoms with Gasteiger partial charge in [0.05, 0.1) is 22.0 Å². The predicted octanol–water partition coefficient (Wildman–Crippen LogP) is 4.14. The molecule has 0 spiro atoms. The van der Waals surface area contributed by atoms with Crippen molar-refractivity contribution in [1.29, 1.82) is 0 Å². The zero-order valence-corrected chi connectivity index (χ0v) is 20.5. The molecule has 2 aromatic heterocycles. The molecule has 3 aromatic carbocycles. The fraction of sp³-hybridized carbons (Fsp3) is 0.111. The van der Waals surface area contributed by atoms with Gasteiger partial charge in [0.2, 0.25) is 0 Å². The maximum atomic E-state index is 15.9. The number of aryl methyl sites for hydroxylation is 3. The highest BCUT2D eigenvalue weighted by Gasteiger charge is 2.23. The minimum atomic E-state index is -0.994. The summed E-state index contributed by atoms with van der Waals surface area (Å²) in [4.78, 5) is 36.9. The molecule has 5 aromatic rings. The van der Waals surface area contributed by atoms with E-state index >= 15 is 4.39 Å². The summed E-state index contributed by atoms with van der Waals surface area (Å²) in [6.45, 7) is 1.69. The molecule has 0 aliphatic heterocycles. The van der Waals surface area contributed by atoms with E-state index < -0.39 is 29.0 Å². The van der Waals surface area contributed by atoms with Gasteiger partial charge in [0.15, 0.2) is 5.69 Å². The number of amides is 2. The molecule has 0 saturated carbocycles. The van der Waals surface area contributed by atoms with Crippen LogP contribution in [0.1, 0.15) is 26.6 Å². The Morgan fingerprint density at radius 1 is 1.00 bits per heavy atom. The third kappa shape index (κ3) is 4.03. The van der Waals surface area contributed by atoms with Crippen molar-refractivity contribution >= 4 is 28.4 Å². The van der Waals surface area contributed by atoms with Gasteiger partial charge in [0.1, 0.15) is 17.4 Å². The lowest BCUT2D eigenvalue weighted by atomic mass is 9.98. The van der Waals surface area contributed by atoms with Gasteiger partial charge >= 0.3 is 0 Å². The Bertz CT molecular complexity index is 1820. The van der Waals surface area contributed by atoms with E-state index in [1.165, 1.54) is 17.8 Å².